The van der Waals surface area contributed by atoms with Crippen LogP contribution in [0.4, 0.5) is 21.9 Å². The second-order valence-corrected chi connectivity index (χ2v) is 10.4. The van der Waals surface area contributed by atoms with Crippen LogP contribution in [0, 0.1) is 0 Å². The van der Waals surface area contributed by atoms with Crippen LogP contribution in [0.3, 0.4) is 0 Å². The van der Waals surface area contributed by atoms with Gasteiger partial charge in [-0.3, -0.25) is 14.0 Å². The van der Waals surface area contributed by atoms with E-state index in [1.54, 1.807) is 16.7 Å². The van der Waals surface area contributed by atoms with Gasteiger partial charge in [0, 0.05) is 20.0 Å². The Hall–Kier alpha value is -3.07. The number of hydrogen-bond donors (Lipinski definition) is 0. The summed E-state index contributed by atoms with van der Waals surface area (Å²) in [6.45, 7) is 6.26. The second kappa shape index (κ2) is 8.70. The fourth-order valence-corrected chi connectivity index (χ4v) is 5.74. The summed E-state index contributed by atoms with van der Waals surface area (Å²) >= 11 is 0. The Kier molecular flexibility index (Phi) is 6.09. The molecule has 0 aromatic heterocycles. The lowest BCUT2D eigenvalue weighted by molar-refractivity contribution is -0.117. The van der Waals surface area contributed by atoms with Crippen molar-refractivity contribution in [1.82, 2.24) is 0 Å². The van der Waals surface area contributed by atoms with Gasteiger partial charge in [-0.25, -0.2) is 13.2 Å². The van der Waals surface area contributed by atoms with Gasteiger partial charge >= 0.3 is 6.09 Å². The van der Waals surface area contributed by atoms with Crippen molar-refractivity contribution in [2.24, 2.45) is 0 Å². The molecule has 0 aliphatic carbocycles. The molecule has 0 spiro atoms. The number of anilines is 3. The Morgan fingerprint density at radius 1 is 1.06 bits per heavy atom. The van der Waals surface area contributed by atoms with Gasteiger partial charge in [0.15, 0.2) is 0 Å². The van der Waals surface area contributed by atoms with Crippen LogP contribution >= 0.6 is 0 Å². The summed E-state index contributed by atoms with van der Waals surface area (Å²) in [7, 11) is -3.33. The van der Waals surface area contributed by atoms with E-state index in [4.69, 9.17) is 4.74 Å². The molecular formula is C24H29N3O5S. The minimum absolute atomic E-state index is 0.0883. The van der Waals surface area contributed by atoms with Crippen molar-refractivity contribution in [2.45, 2.75) is 39.7 Å². The molecule has 33 heavy (non-hydrogen) atoms. The molecule has 2 aliphatic heterocycles. The van der Waals surface area contributed by atoms with Crippen molar-refractivity contribution >= 4 is 39.1 Å². The summed E-state index contributed by atoms with van der Waals surface area (Å²) in [6.07, 6.45) is 2.34. The average Bonchev–Trinajstić information content (AvgIpc) is 2.76. The first kappa shape index (κ1) is 23.1. The van der Waals surface area contributed by atoms with E-state index < -0.39 is 16.1 Å². The molecule has 2 heterocycles. The van der Waals surface area contributed by atoms with Gasteiger partial charge in [-0.05, 0) is 67.6 Å². The summed E-state index contributed by atoms with van der Waals surface area (Å²) in [5, 5.41) is 0. The smallest absolute Gasteiger partial charge is 0.414 e. The zero-order valence-corrected chi connectivity index (χ0v) is 20.2. The van der Waals surface area contributed by atoms with E-state index in [1.165, 1.54) is 17.5 Å². The number of aryl methyl sites for hydroxylation is 1. The van der Waals surface area contributed by atoms with Crippen LogP contribution < -0.4 is 14.1 Å². The second-order valence-electron chi connectivity index (χ2n) is 8.53. The van der Waals surface area contributed by atoms with Crippen LogP contribution in [0.1, 0.15) is 32.8 Å². The molecule has 0 N–H and O–H groups in total. The summed E-state index contributed by atoms with van der Waals surface area (Å²) in [4.78, 5) is 28.3. The number of amides is 2. The number of carbonyl (C=O) groups is 2. The molecule has 0 fully saturated rings. The van der Waals surface area contributed by atoms with Gasteiger partial charge in [-0.1, -0.05) is 12.1 Å². The van der Waals surface area contributed by atoms with Crippen molar-refractivity contribution in [2.75, 3.05) is 40.1 Å². The minimum Gasteiger partial charge on any atom is -0.449 e. The average molecular weight is 472 g/mol. The standard InChI is InChI=1S/C24H29N3O5S/c1-5-32-24(29)25-15-16(2)27(17(3)28)22-11-9-19(14-23(22)25)18-8-10-21-20(13-18)7-6-12-26(21)33(4,30)31/h8-11,13-14,16H,5-7,12,15H2,1-4H3/t16-/m0/s1. The molecule has 0 saturated carbocycles. The molecule has 8 nitrogen and oxygen atoms in total. The maximum atomic E-state index is 12.7. The third kappa shape index (κ3) is 4.29. The first-order valence-corrected chi connectivity index (χ1v) is 13.0. The molecule has 0 saturated heterocycles. The first-order chi connectivity index (χ1) is 15.6. The van der Waals surface area contributed by atoms with Crippen LogP contribution in [0.25, 0.3) is 11.1 Å². The zero-order valence-electron chi connectivity index (χ0n) is 19.4. The van der Waals surface area contributed by atoms with Gasteiger partial charge in [0.2, 0.25) is 15.9 Å². The van der Waals surface area contributed by atoms with E-state index in [-0.39, 0.29) is 18.6 Å². The van der Waals surface area contributed by atoms with E-state index in [0.717, 1.165) is 35.2 Å². The maximum absolute atomic E-state index is 12.7. The number of rotatable bonds is 3. The number of sulfonamides is 1. The monoisotopic (exact) mass is 471 g/mol. The van der Waals surface area contributed by atoms with Crippen LogP contribution in [-0.4, -0.2) is 52.4 Å². The highest BCUT2D eigenvalue weighted by Crippen LogP contribution is 2.40. The Balaban J connectivity index is 1.79. The normalized spacial score (nSPS) is 17.9. The summed E-state index contributed by atoms with van der Waals surface area (Å²) in [5.41, 5.74) is 4.77. The highest BCUT2D eigenvalue weighted by Gasteiger charge is 2.34. The van der Waals surface area contributed by atoms with Gasteiger partial charge < -0.3 is 9.64 Å². The van der Waals surface area contributed by atoms with Gasteiger partial charge in [0.25, 0.3) is 0 Å². The lowest BCUT2D eigenvalue weighted by atomic mass is 9.96. The number of nitrogens with zero attached hydrogens (tertiary/aromatic N) is 3. The number of hydrogen-bond acceptors (Lipinski definition) is 5. The van der Waals surface area contributed by atoms with Crippen LogP contribution in [-0.2, 0) is 26.0 Å². The van der Waals surface area contributed by atoms with Gasteiger partial charge in [-0.2, -0.15) is 0 Å². The molecule has 0 unspecified atom stereocenters. The quantitative estimate of drug-likeness (QED) is 0.680. The fourth-order valence-electron chi connectivity index (χ4n) is 4.75. The molecule has 0 bridgehead atoms. The molecule has 4 rings (SSSR count). The SMILES string of the molecule is CCOC(=O)N1C[C@H](C)N(C(C)=O)c2ccc(-c3ccc4c(c3)CCCN4S(C)(=O)=O)cc21. The Bertz CT molecular complexity index is 1210. The molecule has 2 aliphatic rings. The van der Waals surface area contributed by atoms with Crippen molar-refractivity contribution in [3.05, 3.63) is 42.0 Å². The van der Waals surface area contributed by atoms with E-state index in [9.17, 15) is 18.0 Å². The number of fused-ring (bicyclic) bond motifs is 2. The van der Waals surface area contributed by atoms with Gasteiger partial charge in [0.1, 0.15) is 0 Å². The zero-order chi connectivity index (χ0) is 23.9. The predicted molar refractivity (Wildman–Crippen MR) is 129 cm³/mol. The molecule has 9 heteroatoms. The van der Waals surface area contributed by atoms with Crippen molar-refractivity contribution in [3.8, 4) is 11.1 Å². The number of carbonyl (C=O) groups excluding carboxylic acids is 2. The van der Waals surface area contributed by atoms with Crippen LogP contribution in [0.15, 0.2) is 36.4 Å². The van der Waals surface area contributed by atoms with Gasteiger partial charge in [-0.15, -0.1) is 0 Å². The fraction of sp³-hybridized carbons (Fsp3) is 0.417. The lowest BCUT2D eigenvalue weighted by Gasteiger charge is -2.40. The molecule has 2 aromatic carbocycles. The molecule has 0 radical (unpaired) electrons. The van der Waals surface area contributed by atoms with Crippen molar-refractivity contribution < 1.29 is 22.7 Å². The van der Waals surface area contributed by atoms with E-state index in [0.29, 0.717) is 24.5 Å². The topological polar surface area (TPSA) is 87.2 Å². The van der Waals surface area contributed by atoms with Gasteiger partial charge in [0.05, 0.1) is 36.0 Å². The minimum atomic E-state index is -3.33. The first-order valence-electron chi connectivity index (χ1n) is 11.1. The summed E-state index contributed by atoms with van der Waals surface area (Å²) < 4.78 is 31.1. The lowest BCUT2D eigenvalue weighted by Crippen LogP contribution is -2.51. The van der Waals surface area contributed by atoms with Crippen molar-refractivity contribution in [3.63, 3.8) is 0 Å². The molecule has 176 valence electrons. The Morgan fingerprint density at radius 2 is 1.73 bits per heavy atom. The molecular weight excluding hydrogens is 442 g/mol. The van der Waals surface area contributed by atoms with E-state index in [2.05, 4.69) is 0 Å². The largest absolute Gasteiger partial charge is 0.449 e. The predicted octanol–water partition coefficient (Wildman–Crippen LogP) is 3.78. The maximum Gasteiger partial charge on any atom is 0.414 e. The van der Waals surface area contributed by atoms with E-state index >= 15 is 0 Å². The van der Waals surface area contributed by atoms with Crippen molar-refractivity contribution in [1.29, 1.82) is 0 Å². The molecule has 2 amide bonds. The number of benzene rings is 2. The summed E-state index contributed by atoms with van der Waals surface area (Å²) in [6, 6.07) is 11.2. The Labute approximate surface area is 194 Å². The molecule has 1 atom stereocenters. The van der Waals surface area contributed by atoms with E-state index in [1.807, 2.05) is 43.3 Å². The number of ether oxygens (including phenoxy) is 1. The highest BCUT2D eigenvalue weighted by atomic mass is 32.2. The molecule has 2 aromatic rings. The third-order valence-electron chi connectivity index (χ3n) is 6.13. The van der Waals surface area contributed by atoms with Crippen LogP contribution in [0.2, 0.25) is 0 Å². The van der Waals surface area contributed by atoms with Crippen LogP contribution in [0.5, 0.6) is 0 Å². The summed E-state index contributed by atoms with van der Waals surface area (Å²) in [5.74, 6) is -0.0883. The Morgan fingerprint density at radius 3 is 2.36 bits per heavy atom. The third-order valence-corrected chi connectivity index (χ3v) is 7.31. The highest BCUT2D eigenvalue weighted by molar-refractivity contribution is 7.92.